The van der Waals surface area contributed by atoms with Crippen molar-refractivity contribution in [2.75, 3.05) is 9.80 Å². The lowest BCUT2D eigenvalue weighted by Gasteiger charge is -2.23. The molecule has 2 heterocycles. The number of nitrogens with zero attached hydrogens (tertiary/aromatic N) is 2. The summed E-state index contributed by atoms with van der Waals surface area (Å²) >= 11 is 0. The minimum Gasteiger partial charge on any atom is -0.274 e. The molecule has 238 valence electrons. The summed E-state index contributed by atoms with van der Waals surface area (Å²) < 4.78 is 77.0. The second-order valence-electron chi connectivity index (χ2n) is 12.0. The molecule has 4 aliphatic rings. The molecule has 2 saturated heterocycles. The zero-order valence-electron chi connectivity index (χ0n) is 24.6. The summed E-state index contributed by atoms with van der Waals surface area (Å²) in [5.41, 5.74) is 1.46. The minimum absolute atomic E-state index is 0.000434. The SMILES string of the molecule is CC1=C(C)CC2C(=O)N(c3cccc(C(F)(F)F)c3)C(=O)C2C1.CC1=CCC2C(=O)N(c3cccc(C(F)(F)F)c3)C(=O)C2C1. The lowest BCUT2D eigenvalue weighted by atomic mass is 9.78. The fourth-order valence-corrected chi connectivity index (χ4v) is 6.44. The molecule has 2 aliphatic carbocycles. The van der Waals surface area contributed by atoms with E-state index < -0.39 is 70.8 Å². The van der Waals surface area contributed by atoms with Gasteiger partial charge in [0.1, 0.15) is 0 Å². The predicted octanol–water partition coefficient (Wildman–Crippen LogP) is 7.49. The number of anilines is 2. The number of amides is 4. The molecule has 2 aliphatic heterocycles. The highest BCUT2D eigenvalue weighted by molar-refractivity contribution is 6.23. The number of hydrogen-bond donors (Lipinski definition) is 0. The minimum atomic E-state index is -4.51. The van der Waals surface area contributed by atoms with E-state index >= 15 is 0 Å². The van der Waals surface area contributed by atoms with E-state index in [1.54, 1.807) is 0 Å². The molecule has 45 heavy (non-hydrogen) atoms. The van der Waals surface area contributed by atoms with Gasteiger partial charge in [-0.2, -0.15) is 26.3 Å². The molecule has 0 N–H and O–H groups in total. The maximum Gasteiger partial charge on any atom is 0.416 e. The van der Waals surface area contributed by atoms with Gasteiger partial charge in [0, 0.05) is 0 Å². The van der Waals surface area contributed by atoms with E-state index in [1.807, 2.05) is 26.8 Å². The summed E-state index contributed by atoms with van der Waals surface area (Å²) in [4.78, 5) is 51.8. The normalized spacial score (nSPS) is 25.2. The molecule has 0 radical (unpaired) electrons. The van der Waals surface area contributed by atoms with Gasteiger partial charge in [0.2, 0.25) is 23.6 Å². The van der Waals surface area contributed by atoms with Crippen LogP contribution in [0.1, 0.15) is 57.6 Å². The van der Waals surface area contributed by atoms with Crippen molar-refractivity contribution in [1.29, 1.82) is 0 Å². The van der Waals surface area contributed by atoms with E-state index in [1.165, 1.54) is 24.3 Å². The van der Waals surface area contributed by atoms with Crippen molar-refractivity contribution in [2.24, 2.45) is 23.7 Å². The molecular weight excluding hydrogens is 602 g/mol. The van der Waals surface area contributed by atoms with Crippen LogP contribution < -0.4 is 9.80 Å². The van der Waals surface area contributed by atoms with E-state index in [-0.39, 0.29) is 11.4 Å². The maximum absolute atomic E-state index is 12.9. The Labute approximate surface area is 255 Å². The molecule has 4 atom stereocenters. The zero-order chi connectivity index (χ0) is 33.0. The summed E-state index contributed by atoms with van der Waals surface area (Å²) in [5.74, 6) is -3.42. The molecule has 4 amide bonds. The number of halogens is 6. The van der Waals surface area contributed by atoms with Crippen LogP contribution in [0.3, 0.4) is 0 Å². The van der Waals surface area contributed by atoms with Gasteiger partial charge in [-0.1, -0.05) is 34.9 Å². The second kappa shape index (κ2) is 11.6. The van der Waals surface area contributed by atoms with E-state index in [4.69, 9.17) is 0 Å². The van der Waals surface area contributed by atoms with Crippen LogP contribution in [0.4, 0.5) is 37.7 Å². The monoisotopic (exact) mass is 632 g/mol. The standard InChI is InChI=1S/C17H16F3NO2.C16H14F3NO2/c1-9-6-13-14(7-10(9)2)16(23)21(15(13)22)12-5-3-4-11(8-12)17(18,19)20;1-9-5-6-12-13(7-9)15(22)20(14(12)21)11-4-2-3-10(8-11)16(17,18)19/h3-5,8,13-14H,6-7H2,1-2H3;2-5,8,12-13H,6-7H2,1H3. The van der Waals surface area contributed by atoms with Gasteiger partial charge < -0.3 is 0 Å². The third kappa shape index (κ3) is 6.06. The molecule has 4 unspecified atom stereocenters. The third-order valence-electron chi connectivity index (χ3n) is 9.03. The first kappa shape index (κ1) is 32.2. The molecular formula is C33H30F6N2O4. The first-order valence-corrected chi connectivity index (χ1v) is 14.4. The van der Waals surface area contributed by atoms with Gasteiger partial charge in [0.05, 0.1) is 46.2 Å². The maximum atomic E-state index is 12.9. The van der Waals surface area contributed by atoms with Crippen LogP contribution >= 0.6 is 0 Å². The van der Waals surface area contributed by atoms with E-state index in [2.05, 4.69) is 0 Å². The first-order chi connectivity index (χ1) is 21.0. The Morgan fingerprint density at radius 2 is 0.956 bits per heavy atom. The average Bonchev–Trinajstić information content (AvgIpc) is 3.36. The number of benzene rings is 2. The molecule has 6 nitrogen and oxygen atoms in total. The van der Waals surface area contributed by atoms with E-state index in [0.717, 1.165) is 50.8 Å². The van der Waals surface area contributed by atoms with Crippen LogP contribution in [-0.4, -0.2) is 23.6 Å². The fraction of sp³-hybridized carbons (Fsp3) is 0.394. The van der Waals surface area contributed by atoms with Gasteiger partial charge in [-0.25, -0.2) is 0 Å². The average molecular weight is 633 g/mol. The van der Waals surface area contributed by atoms with Crippen molar-refractivity contribution in [3.05, 3.63) is 82.5 Å². The predicted molar refractivity (Wildman–Crippen MR) is 152 cm³/mol. The van der Waals surface area contributed by atoms with Crippen molar-refractivity contribution in [3.8, 4) is 0 Å². The third-order valence-corrected chi connectivity index (χ3v) is 9.03. The number of carbonyl (C=O) groups is 4. The summed E-state index contributed by atoms with van der Waals surface area (Å²) in [6.07, 6.45) is -5.15. The Morgan fingerprint density at radius 3 is 1.36 bits per heavy atom. The Balaban J connectivity index is 0.000000178. The summed E-state index contributed by atoms with van der Waals surface area (Å²) in [6.45, 7) is 5.74. The fourth-order valence-electron chi connectivity index (χ4n) is 6.44. The topological polar surface area (TPSA) is 74.8 Å². The first-order valence-electron chi connectivity index (χ1n) is 14.4. The quantitative estimate of drug-likeness (QED) is 0.195. The number of rotatable bonds is 2. The Bertz CT molecular complexity index is 1610. The van der Waals surface area contributed by atoms with Crippen molar-refractivity contribution in [1.82, 2.24) is 0 Å². The van der Waals surface area contributed by atoms with Crippen LogP contribution in [0.15, 0.2) is 71.3 Å². The van der Waals surface area contributed by atoms with Gasteiger partial charge in [-0.3, -0.25) is 29.0 Å². The molecule has 2 fully saturated rings. The highest BCUT2D eigenvalue weighted by Crippen LogP contribution is 2.44. The number of fused-ring (bicyclic) bond motifs is 2. The largest absolute Gasteiger partial charge is 0.416 e. The zero-order valence-corrected chi connectivity index (χ0v) is 24.6. The van der Waals surface area contributed by atoms with Crippen LogP contribution in [0.25, 0.3) is 0 Å². The molecule has 12 heteroatoms. The molecule has 6 rings (SSSR count). The molecule has 0 aromatic heterocycles. The lowest BCUT2D eigenvalue weighted by molar-refractivity contribution is -0.138. The summed E-state index contributed by atoms with van der Waals surface area (Å²) in [5, 5.41) is 0. The van der Waals surface area contributed by atoms with Crippen molar-refractivity contribution >= 4 is 35.0 Å². The number of imide groups is 2. The molecule has 0 saturated carbocycles. The van der Waals surface area contributed by atoms with Gasteiger partial charge in [-0.15, -0.1) is 0 Å². The molecule has 0 spiro atoms. The van der Waals surface area contributed by atoms with Crippen LogP contribution in [0.5, 0.6) is 0 Å². The Kier molecular flexibility index (Phi) is 8.30. The number of alkyl halides is 6. The van der Waals surface area contributed by atoms with E-state index in [0.29, 0.717) is 25.7 Å². The second-order valence-corrected chi connectivity index (χ2v) is 12.0. The van der Waals surface area contributed by atoms with Crippen molar-refractivity contribution < 1.29 is 45.5 Å². The molecule has 2 aromatic carbocycles. The Morgan fingerprint density at radius 1 is 0.578 bits per heavy atom. The highest BCUT2D eigenvalue weighted by Gasteiger charge is 2.50. The number of carbonyl (C=O) groups excluding carboxylic acids is 4. The van der Waals surface area contributed by atoms with Gasteiger partial charge in [0.15, 0.2) is 0 Å². The summed E-state index contributed by atoms with van der Waals surface area (Å²) in [7, 11) is 0. The van der Waals surface area contributed by atoms with Gasteiger partial charge in [-0.05, 0) is 82.9 Å². The van der Waals surface area contributed by atoms with Crippen LogP contribution in [0, 0.1) is 23.7 Å². The Hall–Kier alpha value is -4.22. The number of hydrogen-bond acceptors (Lipinski definition) is 4. The van der Waals surface area contributed by atoms with Gasteiger partial charge in [0.25, 0.3) is 0 Å². The van der Waals surface area contributed by atoms with Crippen LogP contribution in [-0.2, 0) is 31.5 Å². The highest BCUT2D eigenvalue weighted by atomic mass is 19.4. The van der Waals surface area contributed by atoms with Crippen molar-refractivity contribution in [2.45, 2.75) is 58.8 Å². The van der Waals surface area contributed by atoms with E-state index in [9.17, 15) is 45.5 Å². The lowest BCUT2D eigenvalue weighted by Crippen LogP contribution is -2.31. The molecule has 0 bridgehead atoms. The van der Waals surface area contributed by atoms with Crippen molar-refractivity contribution in [3.63, 3.8) is 0 Å². The molecule has 2 aromatic rings. The van der Waals surface area contributed by atoms with Gasteiger partial charge >= 0.3 is 12.4 Å². The number of allylic oxidation sites excluding steroid dienone is 4. The summed E-state index contributed by atoms with van der Waals surface area (Å²) in [6, 6.07) is 8.73. The van der Waals surface area contributed by atoms with Crippen LogP contribution in [0.2, 0.25) is 0 Å². The smallest absolute Gasteiger partial charge is 0.274 e.